The van der Waals surface area contributed by atoms with Crippen molar-refractivity contribution >= 4 is 21.8 Å². The van der Waals surface area contributed by atoms with Gasteiger partial charge in [-0.25, -0.2) is 8.42 Å². The van der Waals surface area contributed by atoms with E-state index >= 15 is 0 Å². The zero-order valence-corrected chi connectivity index (χ0v) is 13.6. The van der Waals surface area contributed by atoms with Crippen molar-refractivity contribution in [2.24, 2.45) is 0 Å². The Hall–Kier alpha value is -2.78. The molecule has 0 heterocycles. The number of hydrogen-bond acceptors (Lipinski definition) is 4. The number of nitriles is 1. The Morgan fingerprint density at radius 1 is 1.17 bits per heavy atom. The number of hydrogen-bond donors (Lipinski definition) is 2. The molecule has 5 nitrogen and oxygen atoms in total. The summed E-state index contributed by atoms with van der Waals surface area (Å²) in [6.07, 6.45) is 1.26. The number of allylic oxidation sites excluding steroid dienone is 1. The number of sulfonamides is 1. The van der Waals surface area contributed by atoms with Gasteiger partial charge in [-0.15, -0.1) is 0 Å². The highest BCUT2D eigenvalue weighted by atomic mass is 32.2. The second kappa shape index (κ2) is 6.55. The minimum absolute atomic E-state index is 0.0666. The predicted molar refractivity (Wildman–Crippen MR) is 90.2 cm³/mol. The van der Waals surface area contributed by atoms with E-state index in [0.29, 0.717) is 11.3 Å². The number of aryl methyl sites for hydroxylation is 2. The number of phenols is 1. The fourth-order valence-corrected chi connectivity index (χ4v) is 3.06. The zero-order chi connectivity index (χ0) is 17.0. The molecule has 0 aliphatic heterocycles. The van der Waals surface area contributed by atoms with Gasteiger partial charge in [-0.3, -0.25) is 4.72 Å². The lowest BCUT2D eigenvalue weighted by Gasteiger charge is -2.10. The van der Waals surface area contributed by atoms with E-state index in [4.69, 9.17) is 0 Å². The summed E-state index contributed by atoms with van der Waals surface area (Å²) in [6.45, 7) is 3.71. The van der Waals surface area contributed by atoms with Crippen LogP contribution in [-0.2, 0) is 10.0 Å². The van der Waals surface area contributed by atoms with Gasteiger partial charge in [-0.2, -0.15) is 5.26 Å². The van der Waals surface area contributed by atoms with E-state index in [2.05, 4.69) is 4.72 Å². The summed E-state index contributed by atoms with van der Waals surface area (Å²) in [5.74, 6) is 0.0666. The molecule has 6 heteroatoms. The number of aromatic hydroxyl groups is 1. The Labute approximate surface area is 135 Å². The van der Waals surface area contributed by atoms with Crippen LogP contribution in [0.15, 0.2) is 47.4 Å². The van der Waals surface area contributed by atoms with E-state index in [1.807, 2.05) is 13.0 Å². The smallest absolute Gasteiger partial charge is 0.272 e. The molecule has 0 aliphatic rings. The summed E-state index contributed by atoms with van der Waals surface area (Å²) in [7, 11) is -3.98. The van der Waals surface area contributed by atoms with Crippen LogP contribution in [0.25, 0.3) is 6.08 Å². The van der Waals surface area contributed by atoms with Crippen molar-refractivity contribution in [1.82, 2.24) is 0 Å². The molecule has 0 saturated carbocycles. The van der Waals surface area contributed by atoms with Crippen molar-refractivity contribution in [2.75, 3.05) is 4.72 Å². The van der Waals surface area contributed by atoms with Gasteiger partial charge in [0.1, 0.15) is 11.8 Å². The largest absolute Gasteiger partial charge is 0.508 e. The van der Waals surface area contributed by atoms with Crippen LogP contribution in [0.3, 0.4) is 0 Å². The van der Waals surface area contributed by atoms with Crippen LogP contribution in [0.5, 0.6) is 5.75 Å². The first kappa shape index (κ1) is 16.6. The topological polar surface area (TPSA) is 90.2 Å². The summed E-state index contributed by atoms with van der Waals surface area (Å²) < 4.78 is 27.2. The summed E-state index contributed by atoms with van der Waals surface area (Å²) in [6, 6.07) is 12.9. The minimum Gasteiger partial charge on any atom is -0.508 e. The Kier molecular flexibility index (Phi) is 4.72. The maximum Gasteiger partial charge on any atom is 0.272 e. The van der Waals surface area contributed by atoms with Crippen molar-refractivity contribution in [3.8, 4) is 11.8 Å². The molecule has 2 aromatic rings. The van der Waals surface area contributed by atoms with Crippen LogP contribution in [0.2, 0.25) is 0 Å². The molecule has 0 radical (unpaired) electrons. The fraction of sp³-hybridized carbons (Fsp3) is 0.118. The molecule has 2 N–H and O–H groups in total. The van der Waals surface area contributed by atoms with Crippen LogP contribution in [0.4, 0.5) is 5.69 Å². The predicted octanol–water partition coefficient (Wildman–Crippen LogP) is 3.32. The summed E-state index contributed by atoms with van der Waals surface area (Å²) in [4.78, 5) is -0.400. The van der Waals surface area contributed by atoms with Gasteiger partial charge in [0.15, 0.2) is 4.91 Å². The second-order valence-corrected chi connectivity index (χ2v) is 6.79. The Morgan fingerprint density at radius 3 is 2.39 bits per heavy atom. The molecule has 23 heavy (non-hydrogen) atoms. The van der Waals surface area contributed by atoms with Crippen molar-refractivity contribution in [3.63, 3.8) is 0 Å². The van der Waals surface area contributed by atoms with Gasteiger partial charge in [0.2, 0.25) is 0 Å². The van der Waals surface area contributed by atoms with E-state index in [-0.39, 0.29) is 5.75 Å². The van der Waals surface area contributed by atoms with Crippen LogP contribution in [-0.4, -0.2) is 13.5 Å². The molecular formula is C17H16N2O3S. The quantitative estimate of drug-likeness (QED) is 0.842. The third-order valence-corrected chi connectivity index (χ3v) is 4.49. The highest BCUT2D eigenvalue weighted by Gasteiger charge is 2.18. The number of benzene rings is 2. The second-order valence-electron chi connectivity index (χ2n) is 5.14. The molecular weight excluding hydrogens is 312 g/mol. The van der Waals surface area contributed by atoms with Gasteiger partial charge in [0.25, 0.3) is 10.0 Å². The Bertz CT molecular complexity index is 892. The first-order valence-electron chi connectivity index (χ1n) is 6.83. The Morgan fingerprint density at radius 2 is 1.83 bits per heavy atom. The third kappa shape index (κ3) is 4.11. The van der Waals surface area contributed by atoms with Crippen LogP contribution < -0.4 is 4.72 Å². The van der Waals surface area contributed by atoms with Gasteiger partial charge < -0.3 is 5.11 Å². The SMILES string of the molecule is Cc1ccc(NS(=O)(=O)/C(C#N)=C\c2ccc(O)cc2)c(C)c1. The molecule has 0 fully saturated rings. The van der Waals surface area contributed by atoms with Crippen molar-refractivity contribution in [2.45, 2.75) is 13.8 Å². The lowest BCUT2D eigenvalue weighted by atomic mass is 10.1. The molecule has 0 unspecified atom stereocenters. The van der Waals surface area contributed by atoms with E-state index in [1.165, 1.54) is 30.3 Å². The zero-order valence-electron chi connectivity index (χ0n) is 12.7. The molecule has 0 saturated heterocycles. The van der Waals surface area contributed by atoms with E-state index in [9.17, 15) is 18.8 Å². The van der Waals surface area contributed by atoms with E-state index in [0.717, 1.165) is 11.1 Å². The lowest BCUT2D eigenvalue weighted by Crippen LogP contribution is -2.15. The number of rotatable bonds is 4. The molecule has 0 spiro atoms. The van der Waals surface area contributed by atoms with Crippen LogP contribution in [0.1, 0.15) is 16.7 Å². The average Bonchev–Trinajstić information content (AvgIpc) is 2.49. The molecule has 0 aliphatic carbocycles. The third-order valence-electron chi connectivity index (χ3n) is 3.22. The summed E-state index contributed by atoms with van der Waals surface area (Å²) in [5.41, 5.74) is 2.73. The van der Waals surface area contributed by atoms with Crippen LogP contribution >= 0.6 is 0 Å². The number of phenolic OH excluding ortho intramolecular Hbond substituents is 1. The average molecular weight is 328 g/mol. The van der Waals surface area contributed by atoms with Gasteiger partial charge in [-0.1, -0.05) is 29.8 Å². The van der Waals surface area contributed by atoms with Crippen molar-refractivity contribution in [3.05, 3.63) is 64.1 Å². The number of anilines is 1. The van der Waals surface area contributed by atoms with Gasteiger partial charge >= 0.3 is 0 Å². The van der Waals surface area contributed by atoms with Gasteiger partial charge in [0, 0.05) is 0 Å². The van der Waals surface area contributed by atoms with Crippen molar-refractivity contribution < 1.29 is 13.5 Å². The molecule has 0 atom stereocenters. The fourth-order valence-electron chi connectivity index (χ4n) is 2.02. The van der Waals surface area contributed by atoms with Crippen molar-refractivity contribution in [1.29, 1.82) is 5.26 Å². The Balaban J connectivity index is 2.36. The summed E-state index contributed by atoms with van der Waals surface area (Å²) in [5, 5.41) is 18.4. The molecule has 0 bridgehead atoms. The van der Waals surface area contributed by atoms with Gasteiger partial charge in [0.05, 0.1) is 5.69 Å². The molecule has 0 amide bonds. The molecule has 118 valence electrons. The number of nitrogens with zero attached hydrogens (tertiary/aromatic N) is 1. The molecule has 2 rings (SSSR count). The van der Waals surface area contributed by atoms with Gasteiger partial charge in [-0.05, 0) is 49.2 Å². The molecule has 0 aromatic heterocycles. The maximum absolute atomic E-state index is 12.4. The lowest BCUT2D eigenvalue weighted by molar-refractivity contribution is 0.475. The minimum atomic E-state index is -3.98. The standard InChI is InChI=1S/C17H16N2O3S/c1-12-3-8-17(13(2)9-12)19-23(21,22)16(11-18)10-14-4-6-15(20)7-5-14/h3-10,19-20H,1-2H3/b16-10-. The van der Waals surface area contributed by atoms with E-state index < -0.39 is 14.9 Å². The maximum atomic E-state index is 12.4. The molecule has 2 aromatic carbocycles. The van der Waals surface area contributed by atoms with Crippen LogP contribution in [0, 0.1) is 25.2 Å². The highest BCUT2D eigenvalue weighted by Crippen LogP contribution is 2.21. The first-order valence-corrected chi connectivity index (χ1v) is 8.31. The van der Waals surface area contributed by atoms with E-state index in [1.54, 1.807) is 25.1 Å². The first-order chi connectivity index (χ1) is 10.8. The highest BCUT2D eigenvalue weighted by molar-refractivity contribution is 7.97. The number of nitrogens with one attached hydrogen (secondary N) is 1. The monoisotopic (exact) mass is 328 g/mol. The normalized spacial score (nSPS) is 11.8. The summed E-state index contributed by atoms with van der Waals surface area (Å²) >= 11 is 0.